The fourth-order valence-electron chi connectivity index (χ4n) is 5.80. The van der Waals surface area contributed by atoms with E-state index in [4.69, 9.17) is 9.47 Å². The molecule has 1 heterocycles. The molecule has 1 saturated heterocycles. The molecule has 0 aromatic heterocycles. The van der Waals surface area contributed by atoms with Crippen LogP contribution in [-0.4, -0.2) is 49.9 Å². The summed E-state index contributed by atoms with van der Waals surface area (Å²) in [5.41, 5.74) is 5.82. The van der Waals surface area contributed by atoms with Gasteiger partial charge < -0.3 is 19.9 Å². The van der Waals surface area contributed by atoms with Crippen molar-refractivity contribution in [1.29, 1.82) is 0 Å². The standard InChI is InChI=1S/C32H39FN2O3/c1-37-28-10-11-29(26-7-6-25-21-27(36)9-8-24(25)20-26)31(22-28)34-14-13-23-5-12-32(30(33)19-23)38-18-17-35-15-3-2-4-16-35/h5,8-12,19,21-22,26,34,36H,2-4,6-7,13-18,20H2,1H3/t26-/m1/s1. The summed E-state index contributed by atoms with van der Waals surface area (Å²) in [5.74, 6) is 1.58. The molecule has 2 N–H and O–H groups in total. The average molecular weight is 519 g/mol. The summed E-state index contributed by atoms with van der Waals surface area (Å²) in [4.78, 5) is 2.39. The van der Waals surface area contributed by atoms with Crippen LogP contribution in [0.2, 0.25) is 0 Å². The van der Waals surface area contributed by atoms with Gasteiger partial charge in [0.05, 0.1) is 7.11 Å². The van der Waals surface area contributed by atoms with Crippen LogP contribution in [0.5, 0.6) is 17.2 Å². The van der Waals surface area contributed by atoms with Crippen LogP contribution in [0.25, 0.3) is 0 Å². The fraction of sp³-hybridized carbons (Fsp3) is 0.438. The van der Waals surface area contributed by atoms with Crippen molar-refractivity contribution in [3.05, 3.63) is 82.7 Å². The highest BCUT2D eigenvalue weighted by molar-refractivity contribution is 5.58. The van der Waals surface area contributed by atoms with Crippen molar-refractivity contribution in [2.75, 3.05) is 45.2 Å². The third-order valence-electron chi connectivity index (χ3n) is 7.96. The molecule has 1 atom stereocenters. The van der Waals surface area contributed by atoms with E-state index in [0.717, 1.165) is 55.9 Å². The number of rotatable bonds is 10. The number of hydrogen-bond acceptors (Lipinski definition) is 5. The number of benzene rings is 3. The van der Waals surface area contributed by atoms with Crippen LogP contribution in [0.1, 0.15) is 53.9 Å². The Hall–Kier alpha value is -3.25. The minimum Gasteiger partial charge on any atom is -0.508 e. The minimum atomic E-state index is -0.296. The van der Waals surface area contributed by atoms with E-state index in [0.29, 0.717) is 37.0 Å². The van der Waals surface area contributed by atoms with Crippen molar-refractivity contribution in [2.24, 2.45) is 0 Å². The van der Waals surface area contributed by atoms with Crippen LogP contribution in [0, 0.1) is 5.82 Å². The first kappa shape index (κ1) is 26.4. The maximum absolute atomic E-state index is 14.7. The normalized spacial score (nSPS) is 17.6. The highest BCUT2D eigenvalue weighted by Gasteiger charge is 2.23. The molecule has 0 bridgehead atoms. The lowest BCUT2D eigenvalue weighted by molar-refractivity contribution is 0.180. The maximum atomic E-state index is 14.7. The summed E-state index contributed by atoms with van der Waals surface area (Å²) in [6.45, 7) is 4.29. The molecule has 1 aliphatic heterocycles. The zero-order chi connectivity index (χ0) is 26.3. The smallest absolute Gasteiger partial charge is 0.165 e. The lowest BCUT2D eigenvalue weighted by Crippen LogP contribution is -2.33. The second kappa shape index (κ2) is 12.5. The van der Waals surface area contributed by atoms with Gasteiger partial charge in [-0.15, -0.1) is 0 Å². The van der Waals surface area contributed by atoms with Crippen molar-refractivity contribution in [3.8, 4) is 17.2 Å². The molecule has 38 heavy (non-hydrogen) atoms. The lowest BCUT2D eigenvalue weighted by Gasteiger charge is -2.27. The van der Waals surface area contributed by atoms with Gasteiger partial charge in [0, 0.05) is 24.8 Å². The summed E-state index contributed by atoms with van der Waals surface area (Å²) < 4.78 is 26.0. The zero-order valence-electron chi connectivity index (χ0n) is 22.3. The number of fused-ring (bicyclic) bond motifs is 1. The van der Waals surface area contributed by atoms with Crippen LogP contribution < -0.4 is 14.8 Å². The highest BCUT2D eigenvalue weighted by atomic mass is 19.1. The Balaban J connectivity index is 1.18. The first-order valence-corrected chi connectivity index (χ1v) is 13.9. The molecule has 0 unspecified atom stereocenters. The summed E-state index contributed by atoms with van der Waals surface area (Å²) in [6.07, 6.45) is 7.42. The number of phenols is 1. The Kier molecular flexibility index (Phi) is 8.69. The number of halogens is 1. The van der Waals surface area contributed by atoms with Crippen LogP contribution in [-0.2, 0) is 19.3 Å². The van der Waals surface area contributed by atoms with Crippen LogP contribution >= 0.6 is 0 Å². The minimum absolute atomic E-state index is 0.296. The van der Waals surface area contributed by atoms with Crippen molar-refractivity contribution >= 4 is 5.69 Å². The van der Waals surface area contributed by atoms with Crippen LogP contribution in [0.4, 0.5) is 10.1 Å². The van der Waals surface area contributed by atoms with Gasteiger partial charge in [-0.3, -0.25) is 4.90 Å². The molecule has 3 aromatic carbocycles. The number of ether oxygens (including phenoxy) is 2. The van der Waals surface area contributed by atoms with Crippen molar-refractivity contribution < 1.29 is 19.0 Å². The third kappa shape index (κ3) is 6.60. The van der Waals surface area contributed by atoms with Crippen LogP contribution in [0.3, 0.4) is 0 Å². The third-order valence-corrected chi connectivity index (χ3v) is 7.96. The van der Waals surface area contributed by atoms with E-state index in [-0.39, 0.29) is 5.82 Å². The Labute approximate surface area is 225 Å². The summed E-state index contributed by atoms with van der Waals surface area (Å²) in [7, 11) is 1.68. The predicted molar refractivity (Wildman–Crippen MR) is 150 cm³/mol. The van der Waals surface area contributed by atoms with E-state index in [2.05, 4.69) is 22.3 Å². The van der Waals surface area contributed by atoms with Crippen LogP contribution in [0.15, 0.2) is 54.6 Å². The largest absolute Gasteiger partial charge is 0.508 e. The van der Waals surface area contributed by atoms with E-state index in [9.17, 15) is 9.50 Å². The molecule has 1 aliphatic carbocycles. The maximum Gasteiger partial charge on any atom is 0.165 e. The summed E-state index contributed by atoms with van der Waals surface area (Å²) >= 11 is 0. The van der Waals surface area contributed by atoms with Gasteiger partial charge in [0.15, 0.2) is 11.6 Å². The predicted octanol–water partition coefficient (Wildman–Crippen LogP) is 6.33. The van der Waals surface area contributed by atoms with E-state index < -0.39 is 0 Å². The van der Waals surface area contributed by atoms with Gasteiger partial charge in [-0.25, -0.2) is 4.39 Å². The molecule has 5 rings (SSSR count). The molecule has 6 heteroatoms. The van der Waals surface area contributed by atoms with E-state index in [1.54, 1.807) is 25.3 Å². The second-order valence-electron chi connectivity index (χ2n) is 10.5. The molecule has 0 amide bonds. The molecule has 2 aliphatic rings. The van der Waals surface area contributed by atoms with Gasteiger partial charge in [0.1, 0.15) is 18.1 Å². The second-order valence-corrected chi connectivity index (χ2v) is 10.5. The monoisotopic (exact) mass is 518 g/mol. The molecule has 0 spiro atoms. The van der Waals surface area contributed by atoms with Gasteiger partial charge in [0.25, 0.3) is 0 Å². The number of piperidine rings is 1. The zero-order valence-corrected chi connectivity index (χ0v) is 22.3. The summed E-state index contributed by atoms with van der Waals surface area (Å²) in [6, 6.07) is 17.3. The number of aromatic hydroxyl groups is 1. The Morgan fingerprint density at radius 3 is 2.68 bits per heavy atom. The van der Waals surface area contributed by atoms with E-state index in [1.807, 2.05) is 24.3 Å². The number of nitrogens with one attached hydrogen (secondary N) is 1. The number of likely N-dealkylation sites (tertiary alicyclic amines) is 1. The number of nitrogens with zero attached hydrogens (tertiary/aromatic N) is 1. The molecule has 5 nitrogen and oxygen atoms in total. The number of hydrogen-bond donors (Lipinski definition) is 2. The van der Waals surface area contributed by atoms with Gasteiger partial charge >= 0.3 is 0 Å². The van der Waals surface area contributed by atoms with Crippen molar-refractivity contribution in [1.82, 2.24) is 4.90 Å². The molecule has 0 radical (unpaired) electrons. The molecule has 1 fully saturated rings. The molecule has 0 saturated carbocycles. The number of phenolic OH excluding ortho intramolecular Hbond substituents is 1. The van der Waals surface area contributed by atoms with Gasteiger partial charge in [-0.1, -0.05) is 24.6 Å². The lowest BCUT2D eigenvalue weighted by atomic mass is 9.79. The van der Waals surface area contributed by atoms with Gasteiger partial charge in [-0.2, -0.15) is 0 Å². The molecular weight excluding hydrogens is 479 g/mol. The number of anilines is 1. The van der Waals surface area contributed by atoms with Crippen molar-refractivity contribution in [3.63, 3.8) is 0 Å². The van der Waals surface area contributed by atoms with Gasteiger partial charge in [0.2, 0.25) is 0 Å². The first-order valence-electron chi connectivity index (χ1n) is 13.9. The molecular formula is C32H39FN2O3. The topological polar surface area (TPSA) is 54.0 Å². The van der Waals surface area contributed by atoms with Gasteiger partial charge in [-0.05, 0) is 110 Å². The number of methoxy groups -OCH3 is 1. The quantitative estimate of drug-likeness (QED) is 0.328. The fourth-order valence-corrected chi connectivity index (χ4v) is 5.80. The first-order chi connectivity index (χ1) is 18.6. The SMILES string of the molecule is COc1ccc([C@@H]2CCc3cc(O)ccc3C2)c(NCCc2ccc(OCCN3CCCCC3)c(F)c2)c1. The Morgan fingerprint density at radius 2 is 1.87 bits per heavy atom. The highest BCUT2D eigenvalue weighted by Crippen LogP contribution is 2.38. The Bertz CT molecular complexity index is 1230. The summed E-state index contributed by atoms with van der Waals surface area (Å²) in [5, 5.41) is 13.4. The van der Waals surface area contributed by atoms with Crippen molar-refractivity contribution in [2.45, 2.75) is 50.9 Å². The molecule has 202 valence electrons. The number of aryl methyl sites for hydroxylation is 1. The molecule has 3 aromatic rings. The average Bonchev–Trinajstić information content (AvgIpc) is 2.94. The van der Waals surface area contributed by atoms with E-state index >= 15 is 0 Å². The Morgan fingerprint density at radius 1 is 1.00 bits per heavy atom. The van der Waals surface area contributed by atoms with E-state index in [1.165, 1.54) is 36.0 Å².